The maximum atomic E-state index is 12.0. The summed E-state index contributed by atoms with van der Waals surface area (Å²) in [6.45, 7) is 1.86. The van der Waals surface area contributed by atoms with Crippen LogP contribution in [0.2, 0.25) is 0 Å². The Morgan fingerprint density at radius 1 is 1.14 bits per heavy atom. The molecule has 1 unspecified atom stereocenters. The normalized spacial score (nSPS) is 11.7. The molecule has 2 aromatic rings. The van der Waals surface area contributed by atoms with Gasteiger partial charge < -0.3 is 10.4 Å². The van der Waals surface area contributed by atoms with Crippen molar-refractivity contribution < 1.29 is 14.7 Å². The summed E-state index contributed by atoms with van der Waals surface area (Å²) in [5.41, 5.74) is 2.13. The summed E-state index contributed by atoms with van der Waals surface area (Å²) in [6.07, 6.45) is 3.21. The van der Waals surface area contributed by atoms with E-state index in [1.807, 2.05) is 19.1 Å². The number of carbonyl (C=O) groups excluding carboxylic acids is 1. The zero-order valence-corrected chi connectivity index (χ0v) is 11.6. The highest BCUT2D eigenvalue weighted by Crippen LogP contribution is 2.21. The number of benzene rings is 1. The molecule has 0 bridgehead atoms. The standard InChI is InChI=1S/C16H16N2O3/c1-11(10-15(19)20)12-2-4-14(5-3-12)18-16(21)13-6-8-17-9-7-13/h2-9,11H,10H2,1H3,(H,18,21)(H,19,20). The topological polar surface area (TPSA) is 79.3 Å². The minimum Gasteiger partial charge on any atom is -0.481 e. The van der Waals surface area contributed by atoms with E-state index in [1.165, 1.54) is 0 Å². The molecule has 2 rings (SSSR count). The van der Waals surface area contributed by atoms with E-state index < -0.39 is 5.97 Å². The van der Waals surface area contributed by atoms with E-state index in [0.29, 0.717) is 11.3 Å². The summed E-state index contributed by atoms with van der Waals surface area (Å²) in [4.78, 5) is 26.5. The van der Waals surface area contributed by atoms with Crippen molar-refractivity contribution in [1.29, 1.82) is 0 Å². The number of pyridine rings is 1. The summed E-state index contributed by atoms with van der Waals surface area (Å²) in [6, 6.07) is 10.5. The van der Waals surface area contributed by atoms with Gasteiger partial charge in [0.1, 0.15) is 0 Å². The highest BCUT2D eigenvalue weighted by Gasteiger charge is 2.10. The zero-order chi connectivity index (χ0) is 15.2. The maximum Gasteiger partial charge on any atom is 0.303 e. The Morgan fingerprint density at radius 2 is 1.76 bits per heavy atom. The molecule has 1 aromatic carbocycles. The molecule has 5 heteroatoms. The van der Waals surface area contributed by atoms with E-state index in [0.717, 1.165) is 5.56 Å². The number of anilines is 1. The second kappa shape index (κ2) is 6.65. The number of amides is 1. The Kier molecular flexibility index (Phi) is 4.66. The lowest BCUT2D eigenvalue weighted by atomic mass is 9.98. The average Bonchev–Trinajstić information content (AvgIpc) is 2.48. The number of carboxylic acid groups (broad SMARTS) is 1. The molecule has 0 aliphatic carbocycles. The van der Waals surface area contributed by atoms with Gasteiger partial charge in [-0.1, -0.05) is 19.1 Å². The molecule has 1 aromatic heterocycles. The number of carbonyl (C=O) groups is 2. The second-order valence-corrected chi connectivity index (χ2v) is 4.81. The molecule has 1 heterocycles. The predicted octanol–water partition coefficient (Wildman–Crippen LogP) is 2.91. The van der Waals surface area contributed by atoms with Crippen LogP contribution >= 0.6 is 0 Å². The molecule has 2 N–H and O–H groups in total. The molecule has 21 heavy (non-hydrogen) atoms. The van der Waals surface area contributed by atoms with Gasteiger partial charge in [0.05, 0.1) is 6.42 Å². The smallest absolute Gasteiger partial charge is 0.303 e. The average molecular weight is 284 g/mol. The molecule has 0 saturated carbocycles. The van der Waals surface area contributed by atoms with Gasteiger partial charge in [0, 0.05) is 23.6 Å². The van der Waals surface area contributed by atoms with Crippen molar-refractivity contribution >= 4 is 17.6 Å². The van der Waals surface area contributed by atoms with E-state index in [2.05, 4.69) is 10.3 Å². The molecule has 1 atom stereocenters. The van der Waals surface area contributed by atoms with Gasteiger partial charge in [-0.25, -0.2) is 0 Å². The first-order valence-electron chi connectivity index (χ1n) is 6.59. The largest absolute Gasteiger partial charge is 0.481 e. The lowest BCUT2D eigenvalue weighted by Crippen LogP contribution is -2.11. The van der Waals surface area contributed by atoms with Crippen molar-refractivity contribution in [1.82, 2.24) is 4.98 Å². The number of nitrogens with zero attached hydrogens (tertiary/aromatic N) is 1. The Hall–Kier alpha value is -2.69. The quantitative estimate of drug-likeness (QED) is 0.884. The molecule has 0 spiro atoms. The highest BCUT2D eigenvalue weighted by molar-refractivity contribution is 6.04. The minimum atomic E-state index is -0.822. The first-order valence-corrected chi connectivity index (χ1v) is 6.59. The fourth-order valence-corrected chi connectivity index (χ4v) is 1.98. The number of rotatable bonds is 5. The molecule has 5 nitrogen and oxygen atoms in total. The summed E-state index contributed by atoms with van der Waals surface area (Å²) < 4.78 is 0. The van der Waals surface area contributed by atoms with Crippen molar-refractivity contribution in [3.05, 3.63) is 59.9 Å². The van der Waals surface area contributed by atoms with Crippen molar-refractivity contribution in [3.63, 3.8) is 0 Å². The van der Waals surface area contributed by atoms with Gasteiger partial charge in [0.25, 0.3) is 5.91 Å². The lowest BCUT2D eigenvalue weighted by Gasteiger charge is -2.10. The van der Waals surface area contributed by atoms with Crippen LogP contribution in [0.5, 0.6) is 0 Å². The maximum absolute atomic E-state index is 12.0. The van der Waals surface area contributed by atoms with Crippen molar-refractivity contribution in [3.8, 4) is 0 Å². The Morgan fingerprint density at radius 3 is 2.33 bits per heavy atom. The second-order valence-electron chi connectivity index (χ2n) is 4.81. The van der Waals surface area contributed by atoms with Crippen LogP contribution in [0.4, 0.5) is 5.69 Å². The van der Waals surface area contributed by atoms with Gasteiger partial charge in [0.2, 0.25) is 0 Å². The predicted molar refractivity (Wildman–Crippen MR) is 79.3 cm³/mol. The molecule has 1 amide bonds. The molecular formula is C16H16N2O3. The summed E-state index contributed by atoms with van der Waals surface area (Å²) in [5, 5.41) is 11.6. The van der Waals surface area contributed by atoms with E-state index in [4.69, 9.17) is 5.11 Å². The first kappa shape index (κ1) is 14.7. The Balaban J connectivity index is 2.03. The minimum absolute atomic E-state index is 0.0625. The molecule has 0 radical (unpaired) electrons. The van der Waals surface area contributed by atoms with Gasteiger partial charge >= 0.3 is 5.97 Å². The molecule has 0 fully saturated rings. The molecule has 0 saturated heterocycles. The SMILES string of the molecule is CC(CC(=O)O)c1ccc(NC(=O)c2ccncc2)cc1. The zero-order valence-electron chi connectivity index (χ0n) is 11.6. The van der Waals surface area contributed by atoms with Gasteiger partial charge in [-0.05, 0) is 35.7 Å². The Labute approximate surface area is 122 Å². The molecule has 108 valence electrons. The van der Waals surface area contributed by atoms with Crippen LogP contribution in [0.15, 0.2) is 48.8 Å². The molecular weight excluding hydrogens is 268 g/mol. The van der Waals surface area contributed by atoms with E-state index in [-0.39, 0.29) is 18.2 Å². The van der Waals surface area contributed by atoms with Gasteiger partial charge in [0.15, 0.2) is 0 Å². The van der Waals surface area contributed by atoms with E-state index >= 15 is 0 Å². The highest BCUT2D eigenvalue weighted by atomic mass is 16.4. The third-order valence-electron chi connectivity index (χ3n) is 3.16. The third kappa shape index (κ3) is 4.14. The van der Waals surface area contributed by atoms with E-state index in [9.17, 15) is 9.59 Å². The van der Waals surface area contributed by atoms with Crippen LogP contribution < -0.4 is 5.32 Å². The van der Waals surface area contributed by atoms with Gasteiger partial charge in [-0.3, -0.25) is 14.6 Å². The van der Waals surface area contributed by atoms with Crippen molar-refractivity contribution in [2.75, 3.05) is 5.32 Å². The number of aliphatic carboxylic acids is 1. The van der Waals surface area contributed by atoms with Crippen LogP contribution in [0, 0.1) is 0 Å². The fourth-order valence-electron chi connectivity index (χ4n) is 1.98. The number of carboxylic acids is 1. The Bertz CT molecular complexity index is 624. The monoisotopic (exact) mass is 284 g/mol. The lowest BCUT2D eigenvalue weighted by molar-refractivity contribution is -0.137. The van der Waals surface area contributed by atoms with Crippen molar-refractivity contribution in [2.24, 2.45) is 0 Å². The fraction of sp³-hybridized carbons (Fsp3) is 0.188. The molecule has 0 aliphatic rings. The number of hydrogen-bond acceptors (Lipinski definition) is 3. The van der Waals surface area contributed by atoms with Crippen LogP contribution in [0.3, 0.4) is 0 Å². The number of nitrogens with one attached hydrogen (secondary N) is 1. The van der Waals surface area contributed by atoms with Crippen LogP contribution in [0.25, 0.3) is 0 Å². The van der Waals surface area contributed by atoms with Crippen LogP contribution in [0.1, 0.15) is 35.2 Å². The third-order valence-corrected chi connectivity index (χ3v) is 3.16. The van der Waals surface area contributed by atoms with Gasteiger partial charge in [-0.15, -0.1) is 0 Å². The first-order chi connectivity index (χ1) is 10.1. The van der Waals surface area contributed by atoms with E-state index in [1.54, 1.807) is 36.7 Å². The number of hydrogen-bond donors (Lipinski definition) is 2. The molecule has 0 aliphatic heterocycles. The van der Waals surface area contributed by atoms with Crippen LogP contribution in [-0.4, -0.2) is 22.0 Å². The van der Waals surface area contributed by atoms with Crippen molar-refractivity contribution in [2.45, 2.75) is 19.3 Å². The van der Waals surface area contributed by atoms with Gasteiger partial charge in [-0.2, -0.15) is 0 Å². The summed E-state index contributed by atoms with van der Waals surface area (Å²) >= 11 is 0. The summed E-state index contributed by atoms with van der Waals surface area (Å²) in [5.74, 6) is -1.09. The van der Waals surface area contributed by atoms with Crippen LogP contribution in [-0.2, 0) is 4.79 Å². The summed E-state index contributed by atoms with van der Waals surface area (Å²) in [7, 11) is 0. The number of aromatic nitrogens is 1.